The molecular weight excluding hydrogens is 356 g/mol. The maximum Gasteiger partial charge on any atom is 0.270 e. The number of aromatic nitrogens is 2. The normalized spacial score (nSPS) is 21.1. The van der Waals surface area contributed by atoms with Crippen LogP contribution in [0.15, 0.2) is 29.2 Å². The van der Waals surface area contributed by atoms with Crippen molar-refractivity contribution in [1.29, 1.82) is 0 Å². The molecule has 1 aliphatic heterocycles. The second-order valence-electron chi connectivity index (χ2n) is 7.90. The van der Waals surface area contributed by atoms with Gasteiger partial charge >= 0.3 is 0 Å². The van der Waals surface area contributed by atoms with E-state index in [2.05, 4.69) is 10.3 Å². The van der Waals surface area contributed by atoms with E-state index < -0.39 is 5.91 Å². The van der Waals surface area contributed by atoms with Gasteiger partial charge in [0.15, 0.2) is 0 Å². The molecule has 2 aromatic heterocycles. The van der Waals surface area contributed by atoms with Crippen molar-refractivity contribution in [2.24, 2.45) is 0 Å². The Bertz CT molecular complexity index is 960. The molecular formula is C21H26N4O3. The van der Waals surface area contributed by atoms with Gasteiger partial charge in [0.1, 0.15) is 11.2 Å². The summed E-state index contributed by atoms with van der Waals surface area (Å²) in [6, 6.07) is 5.38. The first-order valence-corrected chi connectivity index (χ1v) is 10.1. The number of carbonyl (C=O) groups excluding carboxylic acids is 2. The van der Waals surface area contributed by atoms with E-state index in [1.165, 1.54) is 23.4 Å². The first-order chi connectivity index (χ1) is 13.5. The number of pyridine rings is 1. The van der Waals surface area contributed by atoms with E-state index in [4.69, 9.17) is 0 Å². The van der Waals surface area contributed by atoms with Crippen LogP contribution < -0.4 is 10.9 Å². The van der Waals surface area contributed by atoms with Gasteiger partial charge in [-0.3, -0.25) is 18.8 Å². The summed E-state index contributed by atoms with van der Waals surface area (Å²) in [4.78, 5) is 44.2. The molecule has 0 radical (unpaired) electrons. The molecule has 7 nitrogen and oxygen atoms in total. The molecule has 2 fully saturated rings. The second kappa shape index (κ2) is 7.73. The predicted molar refractivity (Wildman–Crippen MR) is 105 cm³/mol. The van der Waals surface area contributed by atoms with Gasteiger partial charge in [-0.25, -0.2) is 4.98 Å². The molecule has 2 aromatic rings. The third-order valence-corrected chi connectivity index (χ3v) is 5.93. The Balaban J connectivity index is 1.49. The van der Waals surface area contributed by atoms with Gasteiger partial charge in [-0.15, -0.1) is 0 Å². The molecule has 7 heteroatoms. The zero-order valence-corrected chi connectivity index (χ0v) is 16.2. The fourth-order valence-electron chi connectivity index (χ4n) is 4.44. The maximum absolute atomic E-state index is 12.8. The first kappa shape index (κ1) is 18.7. The van der Waals surface area contributed by atoms with Crippen molar-refractivity contribution in [3.8, 4) is 0 Å². The van der Waals surface area contributed by atoms with Gasteiger partial charge < -0.3 is 10.2 Å². The molecule has 0 bridgehead atoms. The zero-order valence-electron chi connectivity index (χ0n) is 16.2. The number of likely N-dealkylation sites (tertiary alicyclic amines) is 1. The summed E-state index contributed by atoms with van der Waals surface area (Å²) in [7, 11) is 0. The quantitative estimate of drug-likeness (QED) is 0.824. The third-order valence-electron chi connectivity index (χ3n) is 5.93. The molecule has 0 spiro atoms. The number of aryl methyl sites for hydroxylation is 1. The highest BCUT2D eigenvalue weighted by Gasteiger charge is 2.35. The molecule has 0 aromatic carbocycles. The van der Waals surface area contributed by atoms with Crippen LogP contribution >= 0.6 is 0 Å². The molecule has 4 rings (SSSR count). The van der Waals surface area contributed by atoms with Crippen LogP contribution in [0, 0.1) is 6.92 Å². The average Bonchev–Trinajstić information content (AvgIpc) is 2.86. The number of rotatable bonds is 3. The minimum Gasteiger partial charge on any atom is -0.347 e. The van der Waals surface area contributed by atoms with Crippen molar-refractivity contribution in [2.45, 2.75) is 64.0 Å². The van der Waals surface area contributed by atoms with Crippen LogP contribution in [0.2, 0.25) is 0 Å². The number of nitrogens with one attached hydrogen (secondary N) is 1. The van der Waals surface area contributed by atoms with E-state index in [0.717, 1.165) is 31.4 Å². The van der Waals surface area contributed by atoms with E-state index in [-0.39, 0.29) is 29.1 Å². The Hall–Kier alpha value is -2.70. The highest BCUT2D eigenvalue weighted by Crippen LogP contribution is 2.25. The summed E-state index contributed by atoms with van der Waals surface area (Å²) in [5.74, 6) is -0.364. The van der Waals surface area contributed by atoms with E-state index in [1.54, 1.807) is 19.1 Å². The van der Waals surface area contributed by atoms with E-state index >= 15 is 0 Å². The minimum atomic E-state index is -0.462. The number of hydrogen-bond acceptors (Lipinski definition) is 4. The van der Waals surface area contributed by atoms with Crippen molar-refractivity contribution in [3.05, 3.63) is 46.0 Å². The van der Waals surface area contributed by atoms with E-state index in [1.807, 2.05) is 11.0 Å². The summed E-state index contributed by atoms with van der Waals surface area (Å²) in [6.45, 7) is 2.33. The lowest BCUT2D eigenvalue weighted by Crippen LogP contribution is -2.42. The topological polar surface area (TPSA) is 83.8 Å². The Labute approximate surface area is 163 Å². The van der Waals surface area contributed by atoms with Gasteiger partial charge in [-0.05, 0) is 31.9 Å². The molecule has 2 amide bonds. The zero-order chi connectivity index (χ0) is 19.7. The Morgan fingerprint density at radius 3 is 2.64 bits per heavy atom. The largest absolute Gasteiger partial charge is 0.347 e. The molecule has 1 atom stereocenters. The minimum absolute atomic E-state index is 0.00663. The summed E-state index contributed by atoms with van der Waals surface area (Å²) in [6.07, 6.45) is 8.49. The van der Waals surface area contributed by atoms with Gasteiger partial charge in [-0.1, -0.05) is 31.7 Å². The second-order valence-corrected chi connectivity index (χ2v) is 7.90. The SMILES string of the molecule is Cc1cccc2ncc(C(=O)NC3CC(=O)N(C4CCCCCC4)C3)c(=O)n12. The van der Waals surface area contributed by atoms with Gasteiger partial charge in [-0.2, -0.15) is 0 Å². The van der Waals surface area contributed by atoms with Crippen molar-refractivity contribution in [2.75, 3.05) is 6.54 Å². The third kappa shape index (κ3) is 3.53. The van der Waals surface area contributed by atoms with Crippen molar-refractivity contribution < 1.29 is 9.59 Å². The fraction of sp³-hybridized carbons (Fsp3) is 0.524. The molecule has 1 aliphatic carbocycles. The Morgan fingerprint density at radius 1 is 1.14 bits per heavy atom. The standard InChI is InChI=1S/C21H26N4O3/c1-14-7-6-10-18-22-12-17(21(28)25(14)18)20(27)23-15-11-19(26)24(13-15)16-8-4-2-3-5-9-16/h6-7,10,12,15-16H,2-5,8-9,11,13H2,1H3,(H,23,27). The number of fused-ring (bicyclic) bond motifs is 1. The van der Waals surface area contributed by atoms with Crippen molar-refractivity contribution in [1.82, 2.24) is 19.6 Å². The first-order valence-electron chi connectivity index (χ1n) is 10.1. The average molecular weight is 382 g/mol. The molecule has 1 N–H and O–H groups in total. The number of nitrogens with zero attached hydrogens (tertiary/aromatic N) is 3. The lowest BCUT2D eigenvalue weighted by molar-refractivity contribution is -0.129. The van der Waals surface area contributed by atoms with Gasteiger partial charge in [0.2, 0.25) is 5.91 Å². The lowest BCUT2D eigenvalue weighted by Gasteiger charge is -2.27. The van der Waals surface area contributed by atoms with Crippen LogP contribution in [0.5, 0.6) is 0 Å². The van der Waals surface area contributed by atoms with Crippen LogP contribution in [0.4, 0.5) is 0 Å². The smallest absolute Gasteiger partial charge is 0.270 e. The Kier molecular flexibility index (Phi) is 5.15. The summed E-state index contributed by atoms with van der Waals surface area (Å²) >= 11 is 0. The molecule has 1 unspecified atom stereocenters. The lowest BCUT2D eigenvalue weighted by atomic mass is 10.1. The molecule has 2 aliphatic rings. The number of carbonyl (C=O) groups is 2. The van der Waals surface area contributed by atoms with Gasteiger partial charge in [0.25, 0.3) is 11.5 Å². The number of amides is 2. The fourth-order valence-corrected chi connectivity index (χ4v) is 4.44. The maximum atomic E-state index is 12.8. The molecule has 148 valence electrons. The summed E-state index contributed by atoms with van der Waals surface area (Å²) < 4.78 is 1.44. The molecule has 3 heterocycles. The van der Waals surface area contributed by atoms with Crippen molar-refractivity contribution in [3.63, 3.8) is 0 Å². The van der Waals surface area contributed by atoms with Crippen LogP contribution in [-0.4, -0.2) is 44.7 Å². The van der Waals surface area contributed by atoms with E-state index in [0.29, 0.717) is 18.6 Å². The van der Waals surface area contributed by atoms with Crippen LogP contribution in [0.3, 0.4) is 0 Å². The Morgan fingerprint density at radius 2 is 1.89 bits per heavy atom. The highest BCUT2D eigenvalue weighted by atomic mass is 16.2. The van der Waals surface area contributed by atoms with Crippen molar-refractivity contribution >= 4 is 17.5 Å². The molecule has 1 saturated carbocycles. The van der Waals surface area contributed by atoms with Crippen LogP contribution in [-0.2, 0) is 4.79 Å². The molecule has 1 saturated heterocycles. The summed E-state index contributed by atoms with van der Waals surface area (Å²) in [5.41, 5.74) is 0.857. The predicted octanol–water partition coefficient (Wildman–Crippen LogP) is 2.06. The van der Waals surface area contributed by atoms with Gasteiger partial charge in [0, 0.05) is 30.9 Å². The summed E-state index contributed by atoms with van der Waals surface area (Å²) in [5, 5.41) is 2.88. The molecule has 28 heavy (non-hydrogen) atoms. The van der Waals surface area contributed by atoms with Gasteiger partial charge in [0.05, 0.1) is 6.04 Å². The van der Waals surface area contributed by atoms with E-state index in [9.17, 15) is 14.4 Å². The van der Waals surface area contributed by atoms with Crippen LogP contribution in [0.1, 0.15) is 61.0 Å². The number of hydrogen-bond donors (Lipinski definition) is 1. The highest BCUT2D eigenvalue weighted by molar-refractivity contribution is 5.94. The van der Waals surface area contributed by atoms with Crippen LogP contribution in [0.25, 0.3) is 5.65 Å². The monoisotopic (exact) mass is 382 g/mol.